The number of ether oxygens (including phenoxy) is 3. The molecule has 2 rings (SSSR count). The largest absolute Gasteiger partial charge is 0.493 e. The van der Waals surface area contributed by atoms with Crippen molar-refractivity contribution in [1.29, 1.82) is 0 Å². The Morgan fingerprint density at radius 3 is 2.11 bits per heavy atom. The lowest BCUT2D eigenvalue weighted by Crippen LogP contribution is -2.28. The summed E-state index contributed by atoms with van der Waals surface area (Å²) in [7, 11) is -2.04. The van der Waals surface area contributed by atoms with Gasteiger partial charge < -0.3 is 30.2 Å². The minimum absolute atomic E-state index is 0.0692. The molecule has 0 saturated heterocycles. The van der Waals surface area contributed by atoms with Crippen molar-refractivity contribution in [3.05, 3.63) is 41.5 Å². The molecule has 0 aliphatic carbocycles. The molecule has 2 aromatic carbocycles. The van der Waals surface area contributed by atoms with Crippen molar-refractivity contribution in [3.8, 4) is 17.2 Å². The average molecular weight is 509 g/mol. The maximum absolute atomic E-state index is 12.6. The smallest absolute Gasteiger partial charge is 0.319 e. The Kier molecular flexibility index (Phi) is 10.0. The van der Waals surface area contributed by atoms with Crippen LogP contribution in [0.25, 0.3) is 0 Å². The van der Waals surface area contributed by atoms with Gasteiger partial charge in [0, 0.05) is 30.9 Å². The van der Waals surface area contributed by atoms with Crippen molar-refractivity contribution in [1.82, 2.24) is 10.6 Å². The fourth-order valence-electron chi connectivity index (χ4n) is 3.14. The molecule has 11 nitrogen and oxygen atoms in total. The molecule has 0 fully saturated rings. The van der Waals surface area contributed by atoms with E-state index in [1.807, 2.05) is 6.92 Å². The summed E-state index contributed by atoms with van der Waals surface area (Å²) >= 11 is 0. The van der Waals surface area contributed by atoms with Gasteiger partial charge in [-0.3, -0.25) is 9.52 Å². The third kappa shape index (κ3) is 8.25. The maximum Gasteiger partial charge on any atom is 0.319 e. The summed E-state index contributed by atoms with van der Waals surface area (Å²) in [4.78, 5) is 24.7. The van der Waals surface area contributed by atoms with Crippen LogP contribution in [0.1, 0.15) is 36.7 Å². The first kappa shape index (κ1) is 27.6. The van der Waals surface area contributed by atoms with Gasteiger partial charge in [0.25, 0.3) is 5.91 Å². The quantitative estimate of drug-likeness (QED) is 0.345. The van der Waals surface area contributed by atoms with Crippen molar-refractivity contribution in [3.63, 3.8) is 0 Å². The molecule has 0 atom stereocenters. The number of rotatable bonds is 12. The summed E-state index contributed by atoms with van der Waals surface area (Å²) in [6, 6.07) is 7.37. The van der Waals surface area contributed by atoms with Crippen LogP contribution in [0.3, 0.4) is 0 Å². The zero-order valence-electron chi connectivity index (χ0n) is 20.5. The second kappa shape index (κ2) is 12.7. The minimum atomic E-state index is -3.54. The number of urea groups is 1. The molecular formula is C23H32N4O7S. The predicted molar refractivity (Wildman–Crippen MR) is 134 cm³/mol. The molecule has 12 heteroatoms. The fourth-order valence-corrected chi connectivity index (χ4v) is 3.70. The molecule has 4 N–H and O–H groups in total. The van der Waals surface area contributed by atoms with Gasteiger partial charge >= 0.3 is 6.03 Å². The topological polar surface area (TPSA) is 144 Å². The molecule has 0 spiro atoms. The van der Waals surface area contributed by atoms with Crippen LogP contribution in [0.4, 0.5) is 16.2 Å². The molecular weight excluding hydrogens is 476 g/mol. The summed E-state index contributed by atoms with van der Waals surface area (Å²) in [5.41, 5.74) is 1.52. The fraction of sp³-hybridized carbons (Fsp3) is 0.391. The number of nitrogens with one attached hydrogen (secondary N) is 4. The van der Waals surface area contributed by atoms with E-state index in [1.54, 1.807) is 32.0 Å². The van der Waals surface area contributed by atoms with Crippen molar-refractivity contribution < 1.29 is 32.2 Å². The van der Waals surface area contributed by atoms with Gasteiger partial charge in [0.2, 0.25) is 10.0 Å². The van der Waals surface area contributed by atoms with E-state index in [-0.39, 0.29) is 18.1 Å². The lowest BCUT2D eigenvalue weighted by molar-refractivity contribution is 0.0959. The van der Waals surface area contributed by atoms with Crippen molar-refractivity contribution >= 4 is 33.3 Å². The lowest BCUT2D eigenvalue weighted by Gasteiger charge is -2.18. The molecule has 0 aromatic heterocycles. The molecule has 0 radical (unpaired) electrons. The second-order valence-corrected chi connectivity index (χ2v) is 8.98. The molecule has 2 aromatic rings. The number of sulfonamides is 1. The molecule has 0 unspecified atom stereocenters. The first-order valence-electron chi connectivity index (χ1n) is 11.1. The van der Waals surface area contributed by atoms with Crippen molar-refractivity contribution in [2.45, 2.75) is 27.3 Å². The van der Waals surface area contributed by atoms with E-state index in [9.17, 15) is 18.0 Å². The van der Waals surface area contributed by atoms with Gasteiger partial charge in [0.1, 0.15) is 17.2 Å². The van der Waals surface area contributed by atoms with Crippen molar-refractivity contribution in [2.24, 2.45) is 0 Å². The zero-order valence-corrected chi connectivity index (χ0v) is 21.3. The Balaban J connectivity index is 2.22. The van der Waals surface area contributed by atoms with Crippen LogP contribution in [-0.4, -0.2) is 53.5 Å². The van der Waals surface area contributed by atoms with E-state index in [0.717, 1.165) is 6.26 Å². The maximum atomic E-state index is 12.6. The summed E-state index contributed by atoms with van der Waals surface area (Å²) < 4.78 is 42.6. The van der Waals surface area contributed by atoms with Crippen LogP contribution < -0.4 is 34.9 Å². The van der Waals surface area contributed by atoms with Gasteiger partial charge in [-0.1, -0.05) is 0 Å². The van der Waals surface area contributed by atoms with Crippen molar-refractivity contribution in [2.75, 3.05) is 43.2 Å². The third-order valence-corrected chi connectivity index (χ3v) is 5.10. The van der Waals surface area contributed by atoms with Crippen LogP contribution in [0, 0.1) is 0 Å². The number of hydrogen-bond acceptors (Lipinski definition) is 7. The summed E-state index contributed by atoms with van der Waals surface area (Å²) in [5, 5.41) is 7.96. The Morgan fingerprint density at radius 1 is 0.886 bits per heavy atom. The molecule has 0 saturated carbocycles. The van der Waals surface area contributed by atoms with Crippen LogP contribution in [0.15, 0.2) is 30.3 Å². The van der Waals surface area contributed by atoms with Gasteiger partial charge in [0.05, 0.1) is 37.3 Å². The van der Waals surface area contributed by atoms with Gasteiger partial charge in [0.15, 0.2) is 0 Å². The molecule has 0 aliphatic rings. The highest BCUT2D eigenvalue weighted by atomic mass is 32.2. The standard InChI is InChI=1S/C23H32N4O7S/c1-6-32-19-10-9-16(12-17(19)22(28)24-4)26-23(29)25-14-15-11-21(34-8-3)18(27-35(5,30)31)13-20(15)33-7-2/h9-13,27H,6-8,14H2,1-5H3,(H,24,28)(H2,25,26,29). The predicted octanol–water partition coefficient (Wildman–Crippen LogP) is 2.94. The number of benzene rings is 2. The number of anilines is 2. The average Bonchev–Trinajstić information content (AvgIpc) is 2.79. The number of carbonyl (C=O) groups is 2. The first-order valence-corrected chi connectivity index (χ1v) is 12.9. The third-order valence-electron chi connectivity index (χ3n) is 4.51. The monoisotopic (exact) mass is 508 g/mol. The van der Waals surface area contributed by atoms with Gasteiger partial charge in [-0.05, 0) is 45.0 Å². The van der Waals surface area contributed by atoms with E-state index >= 15 is 0 Å². The SMILES string of the molecule is CCOc1cc(NS(C)(=O)=O)c(OCC)cc1CNC(=O)Nc1ccc(OCC)c(C(=O)NC)c1. The van der Waals surface area contributed by atoms with E-state index < -0.39 is 16.1 Å². The van der Waals surface area contributed by atoms with Gasteiger partial charge in [-0.15, -0.1) is 0 Å². The molecule has 192 valence electrons. The minimum Gasteiger partial charge on any atom is -0.493 e. The Morgan fingerprint density at radius 2 is 1.51 bits per heavy atom. The summed E-state index contributed by atoms with van der Waals surface area (Å²) in [6.07, 6.45) is 1.04. The Hall–Kier alpha value is -3.67. The molecule has 0 aliphatic heterocycles. The number of hydrogen-bond donors (Lipinski definition) is 4. The Labute approximate surface area is 205 Å². The van der Waals surface area contributed by atoms with Crippen LogP contribution in [-0.2, 0) is 16.6 Å². The van der Waals surface area contributed by atoms with Crippen LogP contribution in [0.2, 0.25) is 0 Å². The molecule has 0 heterocycles. The van der Waals surface area contributed by atoms with E-state index in [4.69, 9.17) is 14.2 Å². The highest BCUT2D eigenvalue weighted by Gasteiger charge is 2.17. The number of carbonyl (C=O) groups excluding carboxylic acids is 2. The highest BCUT2D eigenvalue weighted by Crippen LogP contribution is 2.34. The summed E-state index contributed by atoms with van der Waals surface area (Å²) in [5.74, 6) is 0.765. The summed E-state index contributed by atoms with van der Waals surface area (Å²) in [6.45, 7) is 6.48. The van der Waals surface area contributed by atoms with E-state index in [2.05, 4.69) is 20.7 Å². The first-order chi connectivity index (χ1) is 16.6. The van der Waals surface area contributed by atoms with E-state index in [0.29, 0.717) is 53.9 Å². The molecule has 3 amide bonds. The molecule has 0 bridgehead atoms. The Bertz CT molecular complexity index is 1150. The normalized spacial score (nSPS) is 10.8. The number of amides is 3. The van der Waals surface area contributed by atoms with Crippen LogP contribution in [0.5, 0.6) is 17.2 Å². The van der Waals surface area contributed by atoms with Crippen LogP contribution >= 0.6 is 0 Å². The zero-order chi connectivity index (χ0) is 26.0. The lowest BCUT2D eigenvalue weighted by atomic mass is 10.1. The van der Waals surface area contributed by atoms with Gasteiger partial charge in [-0.25, -0.2) is 13.2 Å². The highest BCUT2D eigenvalue weighted by molar-refractivity contribution is 7.92. The van der Waals surface area contributed by atoms with Gasteiger partial charge in [-0.2, -0.15) is 0 Å². The second-order valence-electron chi connectivity index (χ2n) is 7.23. The molecule has 35 heavy (non-hydrogen) atoms. The van der Waals surface area contributed by atoms with E-state index in [1.165, 1.54) is 19.2 Å².